The molecule has 244 valence electrons. The van der Waals surface area contributed by atoms with Gasteiger partial charge in [-0.25, -0.2) is 9.65 Å². The summed E-state index contributed by atoms with van der Waals surface area (Å²) in [5.74, 6) is 1.56. The highest BCUT2D eigenvalue weighted by Crippen LogP contribution is 2.60. The number of thioether (sulfide) groups is 1. The molecule has 7 nitrogen and oxygen atoms in total. The number of aryl methyl sites for hydroxylation is 1. The lowest BCUT2D eigenvalue weighted by molar-refractivity contribution is -0.147. The summed E-state index contributed by atoms with van der Waals surface area (Å²) in [5.41, 5.74) is 1.77. The van der Waals surface area contributed by atoms with Gasteiger partial charge in [-0.1, -0.05) is 67.4 Å². The van der Waals surface area contributed by atoms with Crippen LogP contribution in [0.5, 0.6) is 17.2 Å². The smallest absolute Gasteiger partial charge is 0.458 e. The number of rotatable bonds is 13. The standard InChI is InChI=1S/C21H20Cl2O3.C13H22NO3PS/c1-21(2)17(12-18(22)23)19(21)20(24)25-13-14-7-6-10-16(11-14)26-15-8-4-3-5-9-15;1-6-16-18(15,14-10(2)3)17-12-7-8-13(19-5)11(4)9-12/h3-12,17,19H,13H2,1-2H3;7-10H,6H2,1-5H3,(H,14,15). The van der Waals surface area contributed by atoms with Crippen LogP contribution in [0.15, 0.2) is 88.3 Å². The number of halogens is 2. The molecule has 4 rings (SSSR count). The van der Waals surface area contributed by atoms with E-state index in [2.05, 4.69) is 5.09 Å². The number of carbonyl (C=O) groups is 1. The Bertz CT molecular complexity index is 1500. The molecule has 0 saturated heterocycles. The Morgan fingerprint density at radius 3 is 2.31 bits per heavy atom. The third-order valence-electron chi connectivity index (χ3n) is 7.04. The topological polar surface area (TPSA) is 83.1 Å². The molecule has 11 heteroatoms. The number of carbonyl (C=O) groups excluding carboxylic acids is 1. The molecule has 0 radical (unpaired) electrons. The summed E-state index contributed by atoms with van der Waals surface area (Å²) in [4.78, 5) is 13.6. The van der Waals surface area contributed by atoms with Crippen LogP contribution in [0.1, 0.15) is 45.7 Å². The Hall–Kier alpha value is -2.45. The van der Waals surface area contributed by atoms with Crippen molar-refractivity contribution in [3.63, 3.8) is 0 Å². The molecule has 3 atom stereocenters. The van der Waals surface area contributed by atoms with Crippen LogP contribution >= 0.6 is 42.7 Å². The molecule has 3 aromatic rings. The van der Waals surface area contributed by atoms with Gasteiger partial charge < -0.3 is 14.0 Å². The minimum atomic E-state index is -3.30. The fraction of sp³-hybridized carbons (Fsp3) is 0.382. The number of hydrogen-bond donors (Lipinski definition) is 1. The van der Waals surface area contributed by atoms with Crippen molar-refractivity contribution < 1.29 is 27.9 Å². The zero-order valence-electron chi connectivity index (χ0n) is 26.7. The molecule has 0 amide bonds. The van der Waals surface area contributed by atoms with Gasteiger partial charge >= 0.3 is 13.7 Å². The summed E-state index contributed by atoms with van der Waals surface area (Å²) in [6.07, 6.45) is 3.73. The Kier molecular flexibility index (Phi) is 13.9. The quantitative estimate of drug-likeness (QED) is 0.108. The molecule has 0 aliphatic heterocycles. The molecule has 1 aliphatic rings. The Morgan fingerprint density at radius 2 is 1.71 bits per heavy atom. The third kappa shape index (κ3) is 11.4. The van der Waals surface area contributed by atoms with Gasteiger partial charge in [0.15, 0.2) is 0 Å². The van der Waals surface area contributed by atoms with E-state index in [9.17, 15) is 9.36 Å². The van der Waals surface area contributed by atoms with E-state index in [0.717, 1.165) is 16.9 Å². The molecule has 45 heavy (non-hydrogen) atoms. The van der Waals surface area contributed by atoms with Gasteiger partial charge in [-0.05, 0) is 105 Å². The molecule has 0 heterocycles. The van der Waals surface area contributed by atoms with Crippen molar-refractivity contribution in [2.24, 2.45) is 17.3 Å². The number of ether oxygens (including phenoxy) is 2. The lowest BCUT2D eigenvalue weighted by Crippen LogP contribution is -2.23. The Labute approximate surface area is 281 Å². The highest BCUT2D eigenvalue weighted by molar-refractivity contribution is 7.98. The van der Waals surface area contributed by atoms with Crippen LogP contribution in [-0.4, -0.2) is 24.9 Å². The van der Waals surface area contributed by atoms with Crippen LogP contribution in [-0.2, 0) is 25.2 Å². The summed E-state index contributed by atoms with van der Waals surface area (Å²) in [6.45, 7) is 12.1. The van der Waals surface area contributed by atoms with Crippen LogP contribution in [0, 0.1) is 24.2 Å². The first kappa shape index (κ1) is 37.0. The lowest BCUT2D eigenvalue weighted by atomic mass is 10.1. The van der Waals surface area contributed by atoms with E-state index in [4.69, 9.17) is 41.7 Å². The van der Waals surface area contributed by atoms with Crippen molar-refractivity contribution in [2.75, 3.05) is 12.9 Å². The number of esters is 1. The SMILES string of the molecule is CC1(C)C(C=C(Cl)Cl)C1C(=O)OCc1cccc(Oc2ccccc2)c1.CCOP(=O)(NC(C)C)Oc1ccc(SC)c(C)c1. The third-order valence-corrected chi connectivity index (χ3v) is 10.1. The van der Waals surface area contributed by atoms with Crippen molar-refractivity contribution >= 4 is 48.7 Å². The second-order valence-electron chi connectivity index (χ2n) is 11.4. The number of para-hydroxylation sites is 1. The molecular formula is C34H42Cl2NO6PS. The average Bonchev–Trinajstić information content (AvgIpc) is 3.50. The monoisotopic (exact) mass is 693 g/mol. The summed E-state index contributed by atoms with van der Waals surface area (Å²) in [5, 5.41) is 2.86. The van der Waals surface area contributed by atoms with Gasteiger partial charge in [-0.15, -0.1) is 11.8 Å². The van der Waals surface area contributed by atoms with E-state index in [1.807, 2.05) is 114 Å². The summed E-state index contributed by atoms with van der Waals surface area (Å²) in [7, 11) is -3.30. The second-order valence-corrected chi connectivity index (χ2v) is 14.9. The minimum Gasteiger partial charge on any atom is -0.461 e. The van der Waals surface area contributed by atoms with E-state index in [0.29, 0.717) is 18.1 Å². The fourth-order valence-electron chi connectivity index (χ4n) is 4.76. The highest BCUT2D eigenvalue weighted by Gasteiger charge is 2.61. The molecule has 0 spiro atoms. The summed E-state index contributed by atoms with van der Waals surface area (Å²) in [6, 6.07) is 22.7. The zero-order valence-corrected chi connectivity index (χ0v) is 29.9. The van der Waals surface area contributed by atoms with Crippen LogP contribution in [0.4, 0.5) is 0 Å². The molecule has 0 bridgehead atoms. The van der Waals surface area contributed by atoms with Gasteiger partial charge in [0.25, 0.3) is 0 Å². The van der Waals surface area contributed by atoms with E-state index in [-0.39, 0.29) is 40.4 Å². The maximum absolute atomic E-state index is 12.5. The fourth-order valence-corrected chi connectivity index (χ4v) is 7.16. The summed E-state index contributed by atoms with van der Waals surface area (Å²) < 4.78 is 34.8. The van der Waals surface area contributed by atoms with Crippen LogP contribution < -0.4 is 14.3 Å². The molecule has 1 fully saturated rings. The Balaban J connectivity index is 0.000000259. The highest BCUT2D eigenvalue weighted by atomic mass is 35.5. The van der Waals surface area contributed by atoms with Gasteiger partial charge in [0.2, 0.25) is 0 Å². The van der Waals surface area contributed by atoms with Crippen LogP contribution in [0.3, 0.4) is 0 Å². The predicted molar refractivity (Wildman–Crippen MR) is 184 cm³/mol. The van der Waals surface area contributed by atoms with E-state index < -0.39 is 7.75 Å². The molecule has 1 N–H and O–H groups in total. The average molecular weight is 695 g/mol. The van der Waals surface area contributed by atoms with E-state index in [1.165, 1.54) is 4.90 Å². The van der Waals surface area contributed by atoms with Gasteiger partial charge in [0, 0.05) is 10.9 Å². The molecular weight excluding hydrogens is 652 g/mol. The number of nitrogens with one attached hydrogen (secondary N) is 1. The maximum Gasteiger partial charge on any atom is 0.458 e. The molecule has 3 aromatic carbocycles. The molecule has 1 saturated carbocycles. The van der Waals surface area contributed by atoms with Crippen molar-refractivity contribution in [2.45, 2.75) is 59.1 Å². The van der Waals surface area contributed by atoms with Gasteiger partial charge in [-0.3, -0.25) is 9.32 Å². The Morgan fingerprint density at radius 1 is 1.02 bits per heavy atom. The van der Waals surface area contributed by atoms with Crippen molar-refractivity contribution in [1.29, 1.82) is 0 Å². The van der Waals surface area contributed by atoms with Crippen LogP contribution in [0.2, 0.25) is 0 Å². The van der Waals surface area contributed by atoms with Gasteiger partial charge in [0.1, 0.15) is 28.3 Å². The van der Waals surface area contributed by atoms with E-state index >= 15 is 0 Å². The lowest BCUT2D eigenvalue weighted by Gasteiger charge is -2.21. The molecule has 1 aliphatic carbocycles. The first-order valence-corrected chi connectivity index (χ1v) is 18.2. The predicted octanol–water partition coefficient (Wildman–Crippen LogP) is 10.4. The molecule has 0 aromatic heterocycles. The maximum atomic E-state index is 12.5. The van der Waals surface area contributed by atoms with Crippen molar-refractivity contribution in [3.8, 4) is 17.2 Å². The normalized spacial score (nSPS) is 17.7. The summed E-state index contributed by atoms with van der Waals surface area (Å²) >= 11 is 13.1. The van der Waals surface area contributed by atoms with Crippen molar-refractivity contribution in [1.82, 2.24) is 5.09 Å². The van der Waals surface area contributed by atoms with Crippen LogP contribution in [0.25, 0.3) is 0 Å². The van der Waals surface area contributed by atoms with Gasteiger partial charge in [-0.2, -0.15) is 0 Å². The first-order chi connectivity index (χ1) is 21.3. The first-order valence-electron chi connectivity index (χ1n) is 14.7. The largest absolute Gasteiger partial charge is 0.461 e. The minimum absolute atomic E-state index is 0.00717. The van der Waals surface area contributed by atoms with E-state index in [1.54, 1.807) is 24.8 Å². The second kappa shape index (κ2) is 16.9. The van der Waals surface area contributed by atoms with Gasteiger partial charge in [0.05, 0.1) is 12.5 Å². The molecule has 3 unspecified atom stereocenters. The van der Waals surface area contributed by atoms with Crippen molar-refractivity contribution in [3.05, 3.63) is 94.5 Å². The number of hydrogen-bond acceptors (Lipinski definition) is 7. The number of benzene rings is 3. The number of allylic oxidation sites excluding steroid dienone is 1. The zero-order chi connectivity index (χ0) is 33.2.